The molecule has 0 aliphatic carbocycles. The Bertz CT molecular complexity index is 441. The highest BCUT2D eigenvalue weighted by Gasteiger charge is 2.31. The van der Waals surface area contributed by atoms with E-state index >= 15 is 0 Å². The minimum absolute atomic E-state index is 0.181. The second-order valence-electron chi connectivity index (χ2n) is 6.20. The second kappa shape index (κ2) is 10.6. The molecular weight excluding hydrogens is 330 g/mol. The van der Waals surface area contributed by atoms with Crippen LogP contribution in [0.5, 0.6) is 0 Å². The zero-order chi connectivity index (χ0) is 18.1. The van der Waals surface area contributed by atoms with Crippen molar-refractivity contribution in [1.29, 1.82) is 0 Å². The summed E-state index contributed by atoms with van der Waals surface area (Å²) < 4.78 is 0. The van der Waals surface area contributed by atoms with Gasteiger partial charge < -0.3 is 21.1 Å². The largest absolute Gasteiger partial charge is 0.480 e. The topological polar surface area (TPSA) is 108 Å². The highest BCUT2D eigenvalue weighted by molar-refractivity contribution is 7.98. The first-order valence-corrected chi connectivity index (χ1v) is 9.85. The van der Waals surface area contributed by atoms with E-state index < -0.39 is 24.0 Å². The van der Waals surface area contributed by atoms with Gasteiger partial charge in [0.1, 0.15) is 12.1 Å². The van der Waals surface area contributed by atoms with E-state index in [2.05, 4.69) is 16.0 Å². The zero-order valence-electron chi connectivity index (χ0n) is 14.6. The first-order valence-electron chi connectivity index (χ1n) is 8.46. The molecule has 1 heterocycles. The molecule has 24 heavy (non-hydrogen) atoms. The third kappa shape index (κ3) is 6.32. The minimum Gasteiger partial charge on any atom is -0.480 e. The number of aliphatic carboxylic acids is 1. The molecule has 1 saturated heterocycles. The molecule has 7 nitrogen and oxygen atoms in total. The summed E-state index contributed by atoms with van der Waals surface area (Å²) in [6.07, 6.45) is 4.74. The van der Waals surface area contributed by atoms with Crippen molar-refractivity contribution in [2.45, 2.75) is 57.7 Å². The molecule has 4 N–H and O–H groups in total. The van der Waals surface area contributed by atoms with Crippen LogP contribution in [0.2, 0.25) is 0 Å². The van der Waals surface area contributed by atoms with Crippen LogP contribution in [0, 0.1) is 5.92 Å². The van der Waals surface area contributed by atoms with Crippen LogP contribution in [0.3, 0.4) is 0 Å². The fourth-order valence-corrected chi connectivity index (χ4v) is 3.09. The number of carboxylic acids is 1. The van der Waals surface area contributed by atoms with Gasteiger partial charge in [-0.1, -0.05) is 20.3 Å². The van der Waals surface area contributed by atoms with E-state index in [1.165, 1.54) is 0 Å². The lowest BCUT2D eigenvalue weighted by Gasteiger charge is -2.25. The van der Waals surface area contributed by atoms with E-state index in [-0.39, 0.29) is 17.9 Å². The number of carbonyl (C=O) groups excluding carboxylic acids is 2. The van der Waals surface area contributed by atoms with Crippen molar-refractivity contribution in [2.24, 2.45) is 5.92 Å². The Labute approximate surface area is 147 Å². The van der Waals surface area contributed by atoms with Crippen LogP contribution in [0.4, 0.5) is 0 Å². The lowest BCUT2D eigenvalue weighted by Crippen LogP contribution is -2.55. The van der Waals surface area contributed by atoms with Gasteiger partial charge in [0.15, 0.2) is 0 Å². The Kier molecular flexibility index (Phi) is 9.13. The number of hydrogen-bond acceptors (Lipinski definition) is 5. The summed E-state index contributed by atoms with van der Waals surface area (Å²) in [5.74, 6) is -1.14. The van der Waals surface area contributed by atoms with Crippen LogP contribution in [0.15, 0.2) is 0 Å². The number of hydrogen-bond donors (Lipinski definition) is 4. The molecule has 138 valence electrons. The Morgan fingerprint density at radius 2 is 2.04 bits per heavy atom. The lowest BCUT2D eigenvalue weighted by molar-refractivity contribution is -0.143. The molecule has 0 spiro atoms. The predicted molar refractivity (Wildman–Crippen MR) is 95.0 cm³/mol. The maximum Gasteiger partial charge on any atom is 0.326 e. The normalized spacial score (nSPS) is 20.9. The summed E-state index contributed by atoms with van der Waals surface area (Å²) in [6.45, 7) is 4.47. The number of nitrogens with one attached hydrogen (secondary N) is 3. The fraction of sp³-hybridized carbons (Fsp3) is 0.812. The lowest BCUT2D eigenvalue weighted by atomic mass is 9.98. The number of thioether (sulfide) groups is 1. The number of carbonyl (C=O) groups is 3. The summed E-state index contributed by atoms with van der Waals surface area (Å²) >= 11 is 1.58. The predicted octanol–water partition coefficient (Wildman–Crippen LogP) is 0.592. The van der Waals surface area contributed by atoms with Gasteiger partial charge >= 0.3 is 5.97 Å². The first kappa shape index (κ1) is 20.8. The second-order valence-corrected chi connectivity index (χ2v) is 7.19. The average Bonchev–Trinajstić information content (AvgIpc) is 3.09. The molecule has 0 bridgehead atoms. The van der Waals surface area contributed by atoms with Crippen molar-refractivity contribution in [1.82, 2.24) is 16.0 Å². The van der Waals surface area contributed by atoms with Crippen LogP contribution < -0.4 is 16.0 Å². The molecule has 0 unspecified atom stereocenters. The van der Waals surface area contributed by atoms with Gasteiger partial charge in [-0.3, -0.25) is 9.59 Å². The highest BCUT2D eigenvalue weighted by Crippen LogP contribution is 2.10. The smallest absolute Gasteiger partial charge is 0.326 e. The third-order valence-corrected chi connectivity index (χ3v) is 5.04. The Morgan fingerprint density at radius 3 is 2.54 bits per heavy atom. The molecule has 0 aromatic heterocycles. The Morgan fingerprint density at radius 1 is 1.33 bits per heavy atom. The van der Waals surface area contributed by atoms with Crippen molar-refractivity contribution in [3.05, 3.63) is 0 Å². The summed E-state index contributed by atoms with van der Waals surface area (Å²) in [6, 6.07) is -1.92. The first-order chi connectivity index (χ1) is 11.4. The third-order valence-electron chi connectivity index (χ3n) is 4.40. The van der Waals surface area contributed by atoms with Gasteiger partial charge in [-0.2, -0.15) is 11.8 Å². The van der Waals surface area contributed by atoms with Crippen molar-refractivity contribution < 1.29 is 19.5 Å². The molecule has 1 rings (SSSR count). The summed E-state index contributed by atoms with van der Waals surface area (Å²) in [4.78, 5) is 36.2. The van der Waals surface area contributed by atoms with E-state index in [0.29, 0.717) is 18.6 Å². The van der Waals surface area contributed by atoms with E-state index in [0.717, 1.165) is 19.4 Å². The van der Waals surface area contributed by atoms with Crippen molar-refractivity contribution in [3.63, 3.8) is 0 Å². The molecular formula is C16H29N3O4S. The molecule has 4 atom stereocenters. The van der Waals surface area contributed by atoms with Crippen molar-refractivity contribution in [2.75, 3.05) is 18.6 Å². The molecule has 2 amide bonds. The number of carboxylic acid groups (broad SMARTS) is 1. The SMILES string of the molecule is CC[C@H](C)[C@H](NC(=O)[C@H](CCSC)NC(=O)[C@@H]1CCCN1)C(=O)O. The quantitative estimate of drug-likeness (QED) is 0.455. The van der Waals surface area contributed by atoms with Crippen molar-refractivity contribution >= 4 is 29.5 Å². The van der Waals surface area contributed by atoms with Gasteiger partial charge in [-0.15, -0.1) is 0 Å². The summed E-state index contributed by atoms with van der Waals surface area (Å²) in [5.41, 5.74) is 0. The molecule has 0 aromatic rings. The number of rotatable bonds is 10. The van der Waals surface area contributed by atoms with Gasteiger partial charge in [0.2, 0.25) is 11.8 Å². The van der Waals surface area contributed by atoms with Crippen LogP contribution in [-0.4, -0.2) is 59.6 Å². The Hall–Kier alpha value is -1.28. The maximum atomic E-state index is 12.5. The summed E-state index contributed by atoms with van der Waals surface area (Å²) in [5, 5.41) is 17.8. The van der Waals surface area contributed by atoms with Gasteiger partial charge in [0.25, 0.3) is 0 Å². The standard InChI is InChI=1S/C16H29N3O4S/c1-4-10(2)13(16(22)23)19-15(21)12(7-9-24-3)18-14(20)11-6-5-8-17-11/h10-13,17H,4-9H2,1-3H3,(H,18,20)(H,19,21)(H,22,23)/t10-,11-,12-,13-/m0/s1. The molecule has 0 saturated carbocycles. The Balaban J connectivity index is 2.71. The molecule has 8 heteroatoms. The minimum atomic E-state index is -1.05. The monoisotopic (exact) mass is 359 g/mol. The zero-order valence-corrected chi connectivity index (χ0v) is 15.4. The van der Waals surface area contributed by atoms with Crippen molar-refractivity contribution in [3.8, 4) is 0 Å². The molecule has 1 aliphatic heterocycles. The fourth-order valence-electron chi connectivity index (χ4n) is 2.62. The van der Waals surface area contributed by atoms with Crippen LogP contribution in [0.25, 0.3) is 0 Å². The van der Waals surface area contributed by atoms with Gasteiger partial charge in [0, 0.05) is 0 Å². The molecule has 0 aromatic carbocycles. The highest BCUT2D eigenvalue weighted by atomic mass is 32.2. The van der Waals surface area contributed by atoms with Crippen LogP contribution in [0.1, 0.15) is 39.5 Å². The maximum absolute atomic E-state index is 12.5. The van der Waals surface area contributed by atoms with E-state index in [1.807, 2.05) is 13.2 Å². The molecule has 1 aliphatic rings. The number of amides is 2. The van der Waals surface area contributed by atoms with E-state index in [1.54, 1.807) is 18.7 Å². The van der Waals surface area contributed by atoms with E-state index in [4.69, 9.17) is 0 Å². The average molecular weight is 359 g/mol. The van der Waals surface area contributed by atoms with Gasteiger partial charge in [-0.05, 0) is 43.7 Å². The summed E-state index contributed by atoms with van der Waals surface area (Å²) in [7, 11) is 0. The van der Waals surface area contributed by atoms with Gasteiger partial charge in [-0.25, -0.2) is 4.79 Å². The molecule has 0 radical (unpaired) electrons. The van der Waals surface area contributed by atoms with Crippen LogP contribution >= 0.6 is 11.8 Å². The van der Waals surface area contributed by atoms with Gasteiger partial charge in [0.05, 0.1) is 6.04 Å². The van der Waals surface area contributed by atoms with E-state index in [9.17, 15) is 19.5 Å². The molecule has 1 fully saturated rings. The van der Waals surface area contributed by atoms with Crippen LogP contribution in [-0.2, 0) is 14.4 Å².